The number of carbonyl (C=O) groups is 1. The first-order chi connectivity index (χ1) is 12.7. The van der Waals surface area contributed by atoms with Crippen LogP contribution < -0.4 is 0 Å². The highest BCUT2D eigenvalue weighted by Crippen LogP contribution is 2.24. The number of nitrogens with zero attached hydrogens (tertiary/aromatic N) is 3. The molecule has 3 aromatic rings. The van der Waals surface area contributed by atoms with Crippen LogP contribution in [0.15, 0.2) is 60.9 Å². The minimum atomic E-state index is 0.0422. The molecule has 0 radical (unpaired) electrons. The zero-order chi connectivity index (χ0) is 17.9. The molecule has 6 heteroatoms. The lowest BCUT2D eigenvalue weighted by molar-refractivity contribution is 0.0303. The molecule has 0 unspecified atom stereocenters. The maximum absolute atomic E-state index is 12.6. The van der Waals surface area contributed by atoms with Gasteiger partial charge >= 0.3 is 0 Å². The number of benzene rings is 2. The fourth-order valence-electron chi connectivity index (χ4n) is 3.07. The van der Waals surface area contributed by atoms with Gasteiger partial charge < -0.3 is 9.64 Å². The fraction of sp³-hybridized carbons (Fsp3) is 0.200. The summed E-state index contributed by atoms with van der Waals surface area (Å²) in [5.41, 5.74) is 2.56. The second-order valence-electron chi connectivity index (χ2n) is 6.08. The second kappa shape index (κ2) is 7.32. The SMILES string of the molecule is O=C(c1ccc(-n2ccnc2-c2cccc(Cl)c2)cc1)N1CCOCC1. The van der Waals surface area contributed by atoms with E-state index in [1.54, 1.807) is 6.20 Å². The van der Waals surface area contributed by atoms with Crippen molar-refractivity contribution in [3.8, 4) is 17.1 Å². The van der Waals surface area contributed by atoms with Crippen LogP contribution >= 0.6 is 11.6 Å². The Morgan fingerprint density at radius 1 is 1.08 bits per heavy atom. The molecule has 1 aliphatic rings. The normalized spacial score (nSPS) is 14.4. The maximum atomic E-state index is 12.6. The van der Waals surface area contributed by atoms with Gasteiger partial charge in [0.25, 0.3) is 5.91 Å². The van der Waals surface area contributed by atoms with E-state index in [0.717, 1.165) is 17.1 Å². The number of hydrogen-bond donors (Lipinski definition) is 0. The second-order valence-corrected chi connectivity index (χ2v) is 6.52. The third-order valence-corrected chi connectivity index (χ3v) is 4.65. The number of morpholine rings is 1. The molecule has 1 aromatic heterocycles. The maximum Gasteiger partial charge on any atom is 0.254 e. The molecular formula is C20H18ClN3O2. The van der Waals surface area contributed by atoms with Crippen LogP contribution in [-0.2, 0) is 4.74 Å². The molecule has 1 aliphatic heterocycles. The van der Waals surface area contributed by atoms with Gasteiger partial charge in [0.1, 0.15) is 5.82 Å². The van der Waals surface area contributed by atoms with Gasteiger partial charge in [0.15, 0.2) is 0 Å². The lowest BCUT2D eigenvalue weighted by Gasteiger charge is -2.26. The number of rotatable bonds is 3. The molecule has 1 fully saturated rings. The topological polar surface area (TPSA) is 47.4 Å². The van der Waals surface area contributed by atoms with E-state index in [1.165, 1.54) is 0 Å². The van der Waals surface area contributed by atoms with Crippen molar-refractivity contribution in [1.29, 1.82) is 0 Å². The number of halogens is 1. The van der Waals surface area contributed by atoms with E-state index < -0.39 is 0 Å². The smallest absolute Gasteiger partial charge is 0.254 e. The molecule has 2 heterocycles. The summed E-state index contributed by atoms with van der Waals surface area (Å²) >= 11 is 6.10. The molecule has 5 nitrogen and oxygen atoms in total. The average molecular weight is 368 g/mol. The summed E-state index contributed by atoms with van der Waals surface area (Å²) in [4.78, 5) is 18.8. The molecule has 132 valence electrons. The van der Waals surface area contributed by atoms with Gasteiger partial charge in [-0.15, -0.1) is 0 Å². The third-order valence-electron chi connectivity index (χ3n) is 4.41. The number of imidazole rings is 1. The summed E-state index contributed by atoms with van der Waals surface area (Å²) < 4.78 is 7.28. The van der Waals surface area contributed by atoms with Crippen LogP contribution in [0.3, 0.4) is 0 Å². The molecule has 1 amide bonds. The summed E-state index contributed by atoms with van der Waals surface area (Å²) in [7, 11) is 0. The van der Waals surface area contributed by atoms with E-state index in [1.807, 2.05) is 64.2 Å². The van der Waals surface area contributed by atoms with Crippen molar-refractivity contribution in [2.75, 3.05) is 26.3 Å². The highest BCUT2D eigenvalue weighted by atomic mass is 35.5. The van der Waals surface area contributed by atoms with Crippen LogP contribution in [0.1, 0.15) is 10.4 Å². The zero-order valence-corrected chi connectivity index (χ0v) is 14.9. The molecule has 26 heavy (non-hydrogen) atoms. The van der Waals surface area contributed by atoms with E-state index >= 15 is 0 Å². The van der Waals surface area contributed by atoms with Crippen LogP contribution in [0, 0.1) is 0 Å². The van der Waals surface area contributed by atoms with Gasteiger partial charge in [-0.25, -0.2) is 4.98 Å². The lowest BCUT2D eigenvalue weighted by atomic mass is 10.1. The van der Waals surface area contributed by atoms with Crippen LogP contribution in [0.4, 0.5) is 0 Å². The highest BCUT2D eigenvalue weighted by Gasteiger charge is 2.18. The average Bonchev–Trinajstić information content (AvgIpc) is 3.18. The molecule has 1 saturated heterocycles. The van der Waals surface area contributed by atoms with Crippen molar-refractivity contribution in [3.63, 3.8) is 0 Å². The lowest BCUT2D eigenvalue weighted by Crippen LogP contribution is -2.40. The van der Waals surface area contributed by atoms with E-state index in [2.05, 4.69) is 4.98 Å². The third kappa shape index (κ3) is 3.36. The molecule has 0 aliphatic carbocycles. The summed E-state index contributed by atoms with van der Waals surface area (Å²) in [6.45, 7) is 2.48. The fourth-order valence-corrected chi connectivity index (χ4v) is 3.26. The number of ether oxygens (including phenoxy) is 1. The van der Waals surface area contributed by atoms with Crippen molar-refractivity contribution in [3.05, 3.63) is 71.5 Å². The van der Waals surface area contributed by atoms with E-state index in [4.69, 9.17) is 16.3 Å². The highest BCUT2D eigenvalue weighted by molar-refractivity contribution is 6.30. The van der Waals surface area contributed by atoms with Crippen LogP contribution in [-0.4, -0.2) is 46.7 Å². The summed E-state index contributed by atoms with van der Waals surface area (Å²) in [5.74, 6) is 0.848. The Morgan fingerprint density at radius 2 is 1.85 bits per heavy atom. The Balaban J connectivity index is 1.60. The van der Waals surface area contributed by atoms with Gasteiger partial charge in [0.2, 0.25) is 0 Å². The van der Waals surface area contributed by atoms with Crippen molar-refractivity contribution in [2.24, 2.45) is 0 Å². The van der Waals surface area contributed by atoms with Gasteiger partial charge in [-0.2, -0.15) is 0 Å². The number of hydrogen-bond acceptors (Lipinski definition) is 3. The molecule has 0 saturated carbocycles. The molecular weight excluding hydrogens is 350 g/mol. The molecule has 0 spiro atoms. The summed E-state index contributed by atoms with van der Waals surface area (Å²) in [5, 5.41) is 0.670. The van der Waals surface area contributed by atoms with Crippen molar-refractivity contribution in [2.45, 2.75) is 0 Å². The molecule has 0 N–H and O–H groups in total. The molecule has 2 aromatic carbocycles. The largest absolute Gasteiger partial charge is 0.378 e. The summed E-state index contributed by atoms with van der Waals surface area (Å²) in [6, 6.07) is 15.2. The minimum absolute atomic E-state index is 0.0422. The van der Waals surface area contributed by atoms with Crippen LogP contribution in [0.2, 0.25) is 5.02 Å². The van der Waals surface area contributed by atoms with E-state index in [0.29, 0.717) is 36.9 Å². The summed E-state index contributed by atoms with van der Waals surface area (Å²) in [6.07, 6.45) is 3.65. The van der Waals surface area contributed by atoms with Gasteiger partial charge in [-0.05, 0) is 36.4 Å². The molecule has 0 bridgehead atoms. The molecule has 0 atom stereocenters. The molecule has 4 rings (SSSR count). The van der Waals surface area contributed by atoms with Gasteiger partial charge in [0, 0.05) is 47.3 Å². The van der Waals surface area contributed by atoms with Crippen molar-refractivity contribution < 1.29 is 9.53 Å². The Bertz CT molecular complexity index is 915. The first kappa shape index (κ1) is 16.8. The van der Waals surface area contributed by atoms with Crippen LogP contribution in [0.5, 0.6) is 0 Å². The van der Waals surface area contributed by atoms with E-state index in [9.17, 15) is 4.79 Å². The number of carbonyl (C=O) groups excluding carboxylic acids is 1. The minimum Gasteiger partial charge on any atom is -0.378 e. The monoisotopic (exact) mass is 367 g/mol. The zero-order valence-electron chi connectivity index (χ0n) is 14.1. The number of aromatic nitrogens is 2. The predicted octanol–water partition coefficient (Wildman–Crippen LogP) is 3.67. The van der Waals surface area contributed by atoms with E-state index in [-0.39, 0.29) is 5.91 Å². The Kier molecular flexibility index (Phi) is 4.73. The first-order valence-corrected chi connectivity index (χ1v) is 8.87. The number of amides is 1. The Labute approximate surface area is 156 Å². The first-order valence-electron chi connectivity index (χ1n) is 8.49. The van der Waals surface area contributed by atoms with Gasteiger partial charge in [0.05, 0.1) is 13.2 Å². The van der Waals surface area contributed by atoms with Gasteiger partial charge in [-0.3, -0.25) is 9.36 Å². The van der Waals surface area contributed by atoms with Crippen molar-refractivity contribution in [1.82, 2.24) is 14.5 Å². The quantitative estimate of drug-likeness (QED) is 0.709. The Morgan fingerprint density at radius 3 is 2.58 bits per heavy atom. The van der Waals surface area contributed by atoms with Gasteiger partial charge in [-0.1, -0.05) is 23.7 Å². The standard InChI is InChI=1S/C20H18ClN3O2/c21-17-3-1-2-16(14-17)19-22-8-9-24(19)18-6-4-15(5-7-18)20(25)23-10-12-26-13-11-23/h1-9,14H,10-13H2. The predicted molar refractivity (Wildman–Crippen MR) is 101 cm³/mol. The van der Waals surface area contributed by atoms with Crippen molar-refractivity contribution >= 4 is 17.5 Å². The van der Waals surface area contributed by atoms with Crippen LogP contribution in [0.25, 0.3) is 17.1 Å². The Hall–Kier alpha value is -2.63.